The first-order valence-corrected chi connectivity index (χ1v) is 9.87. The second-order valence-corrected chi connectivity index (χ2v) is 9.31. The Morgan fingerprint density at radius 2 is 2.00 bits per heavy atom. The van der Waals surface area contributed by atoms with E-state index in [2.05, 4.69) is 25.9 Å². The molecule has 0 radical (unpaired) electrons. The van der Waals surface area contributed by atoms with Gasteiger partial charge in [-0.05, 0) is 36.8 Å². The van der Waals surface area contributed by atoms with E-state index < -0.39 is 6.04 Å². The monoisotopic (exact) mass is 394 g/mol. The Morgan fingerprint density at radius 3 is 2.75 bits per heavy atom. The van der Waals surface area contributed by atoms with E-state index in [0.29, 0.717) is 11.4 Å². The summed E-state index contributed by atoms with van der Waals surface area (Å²) in [5.41, 5.74) is 0.543. The summed E-state index contributed by atoms with van der Waals surface area (Å²) in [7, 11) is 0. The van der Waals surface area contributed by atoms with Crippen LogP contribution in [0.2, 0.25) is 0 Å². The van der Waals surface area contributed by atoms with E-state index in [1.54, 1.807) is 22.7 Å². The zero-order valence-electron chi connectivity index (χ0n) is 15.3. The minimum atomic E-state index is -0.555. The fourth-order valence-electron chi connectivity index (χ4n) is 4.00. The Labute approximate surface area is 165 Å². The molecule has 3 aromatic rings. The van der Waals surface area contributed by atoms with E-state index in [4.69, 9.17) is 0 Å². The lowest BCUT2D eigenvalue weighted by Gasteiger charge is -2.44. The summed E-state index contributed by atoms with van der Waals surface area (Å²) in [6.07, 6.45) is 0. The van der Waals surface area contributed by atoms with Crippen molar-refractivity contribution in [3.8, 4) is 0 Å². The third-order valence-corrected chi connectivity index (χ3v) is 6.92. The summed E-state index contributed by atoms with van der Waals surface area (Å²) in [4.78, 5) is 27.3. The maximum Gasteiger partial charge on any atom is 0.252 e. The van der Waals surface area contributed by atoms with Gasteiger partial charge < -0.3 is 10.2 Å². The Morgan fingerprint density at radius 1 is 1.21 bits per heavy atom. The Kier molecular flexibility index (Phi) is 3.70. The van der Waals surface area contributed by atoms with Gasteiger partial charge in [-0.15, -0.1) is 22.0 Å². The minimum Gasteiger partial charge on any atom is -0.338 e. The number of benzene rings is 2. The predicted octanol–water partition coefficient (Wildman–Crippen LogP) is 1.89. The standard InChI is InChI=1S/C19H18N6O2S/c1-19(2)14(15-21-23-24-22-15)25-17(27)13(18(25)28-19)20-16(26)12-8-7-10-5-3-4-6-11(10)9-12/h3-9,13-14,18H,1-2H3,(H,20,26)(H,21,22,23,24). The number of nitrogens with one attached hydrogen (secondary N) is 2. The van der Waals surface area contributed by atoms with Crippen molar-refractivity contribution in [1.29, 1.82) is 0 Å². The van der Waals surface area contributed by atoms with Gasteiger partial charge in [0.1, 0.15) is 17.5 Å². The van der Waals surface area contributed by atoms with Gasteiger partial charge >= 0.3 is 0 Å². The van der Waals surface area contributed by atoms with Crippen LogP contribution in [-0.4, -0.2) is 53.5 Å². The van der Waals surface area contributed by atoms with Gasteiger partial charge in [0.2, 0.25) is 5.91 Å². The topological polar surface area (TPSA) is 104 Å². The van der Waals surface area contributed by atoms with Crippen LogP contribution in [0.1, 0.15) is 36.1 Å². The molecule has 1 aromatic heterocycles. The lowest BCUT2D eigenvalue weighted by molar-refractivity contribution is -0.148. The first kappa shape index (κ1) is 17.2. The molecule has 0 spiro atoms. The van der Waals surface area contributed by atoms with Crippen molar-refractivity contribution in [3.05, 3.63) is 53.9 Å². The van der Waals surface area contributed by atoms with Crippen LogP contribution in [0.5, 0.6) is 0 Å². The van der Waals surface area contributed by atoms with E-state index in [1.807, 2.05) is 50.2 Å². The van der Waals surface area contributed by atoms with E-state index in [1.165, 1.54) is 0 Å². The molecule has 9 heteroatoms. The lowest BCUT2D eigenvalue weighted by Crippen LogP contribution is -2.67. The molecular formula is C19H18N6O2S. The number of fused-ring (bicyclic) bond motifs is 2. The Bertz CT molecular complexity index is 1080. The van der Waals surface area contributed by atoms with Gasteiger partial charge in [-0.1, -0.05) is 35.5 Å². The predicted molar refractivity (Wildman–Crippen MR) is 104 cm³/mol. The van der Waals surface area contributed by atoms with Crippen molar-refractivity contribution in [1.82, 2.24) is 30.8 Å². The molecule has 2 fully saturated rings. The SMILES string of the molecule is CC1(C)SC2C(NC(=O)c3ccc4ccccc4c3)C(=O)N2C1c1nn[nH]n1. The zero-order chi connectivity index (χ0) is 19.5. The van der Waals surface area contributed by atoms with Crippen LogP contribution in [0.25, 0.3) is 10.8 Å². The van der Waals surface area contributed by atoms with Crippen LogP contribution in [0, 0.1) is 0 Å². The zero-order valence-corrected chi connectivity index (χ0v) is 16.1. The number of nitrogens with zero attached hydrogens (tertiary/aromatic N) is 4. The number of aromatic amines is 1. The smallest absolute Gasteiger partial charge is 0.252 e. The quantitative estimate of drug-likeness (QED) is 0.658. The molecule has 2 amide bonds. The second-order valence-electron chi connectivity index (χ2n) is 7.54. The molecule has 0 saturated carbocycles. The first-order valence-electron chi connectivity index (χ1n) is 8.99. The number of hydrogen-bond acceptors (Lipinski definition) is 6. The number of aromatic nitrogens is 4. The molecule has 0 bridgehead atoms. The van der Waals surface area contributed by atoms with Gasteiger partial charge in [0.05, 0.1) is 0 Å². The van der Waals surface area contributed by atoms with Crippen molar-refractivity contribution in [2.75, 3.05) is 0 Å². The summed E-state index contributed by atoms with van der Waals surface area (Å²) in [6, 6.07) is 12.6. The number of carbonyl (C=O) groups excluding carboxylic acids is 2. The number of tetrazole rings is 1. The number of hydrogen-bond donors (Lipinski definition) is 2. The Hall–Kier alpha value is -2.94. The number of β-lactam (4-membered cyclic amide) rings is 1. The van der Waals surface area contributed by atoms with Gasteiger partial charge in [-0.25, -0.2) is 0 Å². The normalized spacial score (nSPS) is 25.4. The van der Waals surface area contributed by atoms with Crippen LogP contribution >= 0.6 is 11.8 Å². The lowest BCUT2D eigenvalue weighted by atomic mass is 9.95. The van der Waals surface area contributed by atoms with Crippen LogP contribution in [0.4, 0.5) is 0 Å². The number of carbonyl (C=O) groups is 2. The molecule has 5 rings (SSSR count). The Balaban J connectivity index is 1.37. The molecule has 8 nitrogen and oxygen atoms in total. The molecule has 2 aliphatic rings. The van der Waals surface area contributed by atoms with E-state index in [9.17, 15) is 9.59 Å². The molecule has 3 unspecified atom stereocenters. The third-order valence-electron chi connectivity index (χ3n) is 5.35. The number of rotatable bonds is 3. The van der Waals surface area contributed by atoms with Crippen molar-refractivity contribution >= 4 is 34.3 Å². The van der Waals surface area contributed by atoms with E-state index in [-0.39, 0.29) is 28.0 Å². The number of thioether (sulfide) groups is 1. The number of amides is 2. The average Bonchev–Trinajstić information content (AvgIpc) is 3.29. The van der Waals surface area contributed by atoms with E-state index in [0.717, 1.165) is 10.8 Å². The highest BCUT2D eigenvalue weighted by molar-refractivity contribution is 8.01. The molecule has 2 saturated heterocycles. The first-order chi connectivity index (χ1) is 13.5. The van der Waals surface area contributed by atoms with Gasteiger partial charge in [0.25, 0.3) is 5.91 Å². The molecule has 28 heavy (non-hydrogen) atoms. The molecule has 3 heterocycles. The second kappa shape index (κ2) is 6.03. The van der Waals surface area contributed by atoms with Crippen LogP contribution in [0.15, 0.2) is 42.5 Å². The van der Waals surface area contributed by atoms with Gasteiger partial charge in [0, 0.05) is 10.3 Å². The molecule has 0 aliphatic carbocycles. The fraction of sp³-hybridized carbons (Fsp3) is 0.316. The minimum absolute atomic E-state index is 0.119. The maximum absolute atomic E-state index is 12.8. The molecule has 3 atom stereocenters. The van der Waals surface area contributed by atoms with Gasteiger partial charge in [-0.2, -0.15) is 5.21 Å². The van der Waals surface area contributed by atoms with Crippen LogP contribution in [0.3, 0.4) is 0 Å². The molecular weight excluding hydrogens is 376 g/mol. The highest BCUT2D eigenvalue weighted by atomic mass is 32.2. The van der Waals surface area contributed by atoms with Crippen molar-refractivity contribution in [3.63, 3.8) is 0 Å². The molecule has 2 aromatic carbocycles. The number of H-pyrrole nitrogens is 1. The summed E-state index contributed by atoms with van der Waals surface area (Å²) in [6.45, 7) is 4.10. The van der Waals surface area contributed by atoms with Crippen molar-refractivity contribution in [2.45, 2.75) is 36.1 Å². The average molecular weight is 394 g/mol. The molecule has 142 valence electrons. The summed E-state index contributed by atoms with van der Waals surface area (Å²) >= 11 is 1.64. The van der Waals surface area contributed by atoms with Crippen LogP contribution < -0.4 is 5.32 Å². The molecule has 2 aliphatic heterocycles. The fourth-order valence-corrected chi connectivity index (χ4v) is 5.63. The highest BCUT2D eigenvalue weighted by Gasteiger charge is 2.63. The van der Waals surface area contributed by atoms with Gasteiger partial charge in [-0.3, -0.25) is 9.59 Å². The summed E-state index contributed by atoms with van der Waals surface area (Å²) < 4.78 is -0.285. The maximum atomic E-state index is 12.8. The summed E-state index contributed by atoms with van der Waals surface area (Å²) in [5, 5.41) is 19.0. The molecule has 2 N–H and O–H groups in total. The van der Waals surface area contributed by atoms with Gasteiger partial charge in [0.15, 0.2) is 5.82 Å². The van der Waals surface area contributed by atoms with E-state index >= 15 is 0 Å². The highest BCUT2D eigenvalue weighted by Crippen LogP contribution is 2.56. The third kappa shape index (κ3) is 2.50. The van der Waals surface area contributed by atoms with Crippen molar-refractivity contribution < 1.29 is 9.59 Å². The van der Waals surface area contributed by atoms with Crippen molar-refractivity contribution in [2.24, 2.45) is 0 Å². The summed E-state index contributed by atoms with van der Waals surface area (Å²) in [5.74, 6) is 0.129. The van der Waals surface area contributed by atoms with Crippen LogP contribution in [-0.2, 0) is 4.79 Å². The largest absolute Gasteiger partial charge is 0.338 e.